The molecule has 0 atom stereocenters. The number of aryl methyl sites for hydroxylation is 1. The second-order valence-corrected chi connectivity index (χ2v) is 7.41. The lowest BCUT2D eigenvalue weighted by atomic mass is 10.2. The summed E-state index contributed by atoms with van der Waals surface area (Å²) >= 11 is 2.48. The highest BCUT2D eigenvalue weighted by molar-refractivity contribution is 8.04. The van der Waals surface area contributed by atoms with E-state index in [0.29, 0.717) is 22.5 Å². The van der Waals surface area contributed by atoms with Crippen molar-refractivity contribution in [3.63, 3.8) is 0 Å². The minimum absolute atomic E-state index is 0.148. The number of nitrogens with one attached hydrogen (secondary N) is 1. The molecule has 2 heterocycles. The van der Waals surface area contributed by atoms with E-state index in [4.69, 9.17) is 9.47 Å². The molecule has 0 unspecified atom stereocenters. The molecule has 0 amide bonds. The predicted molar refractivity (Wildman–Crippen MR) is 105 cm³/mol. The summed E-state index contributed by atoms with van der Waals surface area (Å²) in [5.74, 6) is 0.706. The van der Waals surface area contributed by atoms with E-state index in [9.17, 15) is 9.90 Å². The SMILES string of the molecule is COc1cc(OC)cc(-c2nc(S/C(=C\c3sccc3C)C(=O)O)n[nH]2)c1. The van der Waals surface area contributed by atoms with E-state index < -0.39 is 5.97 Å². The highest BCUT2D eigenvalue weighted by Crippen LogP contribution is 2.31. The number of benzene rings is 1. The van der Waals surface area contributed by atoms with Crippen LogP contribution in [-0.4, -0.2) is 40.5 Å². The van der Waals surface area contributed by atoms with Crippen LogP contribution in [0.4, 0.5) is 0 Å². The monoisotopic (exact) mass is 403 g/mol. The molecule has 2 N–H and O–H groups in total. The molecule has 0 saturated carbocycles. The summed E-state index contributed by atoms with van der Waals surface area (Å²) in [5, 5.41) is 18.7. The van der Waals surface area contributed by atoms with E-state index in [1.807, 2.05) is 18.4 Å². The number of aromatic nitrogens is 3. The molecule has 140 valence electrons. The van der Waals surface area contributed by atoms with Crippen molar-refractivity contribution < 1.29 is 19.4 Å². The Kier molecular flexibility index (Phi) is 5.82. The Hall–Kier alpha value is -2.78. The summed E-state index contributed by atoms with van der Waals surface area (Å²) in [4.78, 5) is 17.0. The summed E-state index contributed by atoms with van der Waals surface area (Å²) in [7, 11) is 3.13. The van der Waals surface area contributed by atoms with Gasteiger partial charge in [-0.3, -0.25) is 5.10 Å². The van der Waals surface area contributed by atoms with Crippen molar-refractivity contribution in [2.45, 2.75) is 12.1 Å². The number of methoxy groups -OCH3 is 2. The summed E-state index contributed by atoms with van der Waals surface area (Å²) in [5.41, 5.74) is 1.75. The van der Waals surface area contributed by atoms with Crippen molar-refractivity contribution in [3.05, 3.63) is 45.0 Å². The second-order valence-electron chi connectivity index (χ2n) is 5.45. The van der Waals surface area contributed by atoms with Gasteiger partial charge >= 0.3 is 5.97 Å². The maximum Gasteiger partial charge on any atom is 0.342 e. The first-order valence-corrected chi connectivity index (χ1v) is 9.52. The van der Waals surface area contributed by atoms with Crippen LogP contribution >= 0.6 is 23.1 Å². The van der Waals surface area contributed by atoms with Crippen LogP contribution in [0.2, 0.25) is 0 Å². The zero-order chi connectivity index (χ0) is 19.4. The first-order valence-electron chi connectivity index (χ1n) is 7.83. The van der Waals surface area contributed by atoms with E-state index in [1.165, 1.54) is 11.3 Å². The lowest BCUT2D eigenvalue weighted by Gasteiger charge is -2.06. The number of hydrogen-bond acceptors (Lipinski definition) is 7. The van der Waals surface area contributed by atoms with E-state index in [0.717, 1.165) is 27.8 Å². The minimum Gasteiger partial charge on any atom is -0.497 e. The van der Waals surface area contributed by atoms with Crippen molar-refractivity contribution in [2.75, 3.05) is 14.2 Å². The van der Waals surface area contributed by atoms with Crippen molar-refractivity contribution in [1.29, 1.82) is 0 Å². The molecule has 27 heavy (non-hydrogen) atoms. The van der Waals surface area contributed by atoms with E-state index in [-0.39, 0.29) is 4.91 Å². The van der Waals surface area contributed by atoms with Crippen LogP contribution in [-0.2, 0) is 4.79 Å². The number of hydrogen-bond donors (Lipinski definition) is 2. The lowest BCUT2D eigenvalue weighted by molar-refractivity contribution is -0.131. The maximum atomic E-state index is 11.6. The number of rotatable bonds is 7. The van der Waals surface area contributed by atoms with Gasteiger partial charge < -0.3 is 14.6 Å². The van der Waals surface area contributed by atoms with Crippen molar-refractivity contribution in [2.24, 2.45) is 0 Å². The molecule has 0 spiro atoms. The third-order valence-electron chi connectivity index (χ3n) is 3.67. The van der Waals surface area contributed by atoms with Gasteiger partial charge in [-0.1, -0.05) is 0 Å². The molecule has 3 rings (SSSR count). The molecular formula is C18H17N3O4S2. The number of ether oxygens (including phenoxy) is 2. The number of carboxylic acid groups (broad SMARTS) is 1. The van der Waals surface area contributed by atoms with Gasteiger partial charge in [0.25, 0.3) is 0 Å². The van der Waals surface area contributed by atoms with Crippen LogP contribution in [0.15, 0.2) is 39.7 Å². The van der Waals surface area contributed by atoms with Gasteiger partial charge in [-0.2, -0.15) is 0 Å². The van der Waals surface area contributed by atoms with Gasteiger partial charge in [-0.15, -0.1) is 16.4 Å². The highest BCUT2D eigenvalue weighted by atomic mass is 32.2. The van der Waals surface area contributed by atoms with Gasteiger partial charge in [0.05, 0.1) is 14.2 Å². The van der Waals surface area contributed by atoms with Crippen LogP contribution in [0.3, 0.4) is 0 Å². The smallest absolute Gasteiger partial charge is 0.342 e. The summed E-state index contributed by atoms with van der Waals surface area (Å²) in [6, 6.07) is 7.28. The third-order valence-corrected chi connectivity index (χ3v) is 5.51. The number of carbonyl (C=O) groups is 1. The number of H-pyrrole nitrogens is 1. The maximum absolute atomic E-state index is 11.6. The van der Waals surface area contributed by atoms with Crippen LogP contribution in [0, 0.1) is 6.92 Å². The number of thiophene rings is 1. The summed E-state index contributed by atoms with van der Waals surface area (Å²) in [6.45, 7) is 1.94. The zero-order valence-corrected chi connectivity index (χ0v) is 16.5. The molecule has 0 aliphatic rings. The number of carboxylic acids is 1. The van der Waals surface area contributed by atoms with Gasteiger partial charge in [-0.05, 0) is 53.9 Å². The highest BCUT2D eigenvalue weighted by Gasteiger charge is 2.16. The molecule has 3 aromatic rings. The van der Waals surface area contributed by atoms with Crippen LogP contribution in [0.25, 0.3) is 17.5 Å². The Morgan fingerprint density at radius 2 is 1.96 bits per heavy atom. The second kappa shape index (κ2) is 8.28. The fourth-order valence-electron chi connectivity index (χ4n) is 2.25. The van der Waals surface area contributed by atoms with Gasteiger partial charge in [0, 0.05) is 16.5 Å². The molecule has 9 heteroatoms. The first-order chi connectivity index (χ1) is 13.0. The number of nitrogens with zero attached hydrogens (tertiary/aromatic N) is 2. The van der Waals surface area contributed by atoms with Gasteiger partial charge in [0.15, 0.2) is 5.82 Å². The third kappa shape index (κ3) is 4.50. The molecule has 0 fully saturated rings. The molecule has 0 aliphatic heterocycles. The topological polar surface area (TPSA) is 97.3 Å². The van der Waals surface area contributed by atoms with Crippen LogP contribution in [0.5, 0.6) is 11.5 Å². The van der Waals surface area contributed by atoms with Gasteiger partial charge in [0.1, 0.15) is 16.4 Å². The molecule has 2 aromatic heterocycles. The standard InChI is InChI=1S/C18H17N3O4S2/c1-10-4-5-26-14(10)9-15(17(22)23)27-18-19-16(20-21-18)11-6-12(24-2)8-13(7-11)25-3/h4-9H,1-3H3,(H,22,23)(H,19,20,21)/b15-9-. The number of thioether (sulfide) groups is 1. The predicted octanol–water partition coefficient (Wildman–Crippen LogP) is 4.08. The first kappa shape index (κ1) is 19.0. The Bertz CT molecular complexity index is 972. The quantitative estimate of drug-likeness (QED) is 0.453. The number of aliphatic carboxylic acids is 1. The van der Waals surface area contributed by atoms with Gasteiger partial charge in [-0.25, -0.2) is 9.78 Å². The van der Waals surface area contributed by atoms with E-state index in [2.05, 4.69) is 15.2 Å². The van der Waals surface area contributed by atoms with Crippen molar-refractivity contribution in [3.8, 4) is 22.9 Å². The number of aromatic amines is 1. The zero-order valence-electron chi connectivity index (χ0n) is 14.8. The van der Waals surface area contributed by atoms with E-state index >= 15 is 0 Å². The summed E-state index contributed by atoms with van der Waals surface area (Å²) < 4.78 is 10.5. The summed E-state index contributed by atoms with van der Waals surface area (Å²) in [6.07, 6.45) is 1.64. The Labute approximate surface area is 164 Å². The average molecular weight is 403 g/mol. The molecule has 0 bridgehead atoms. The van der Waals surface area contributed by atoms with Gasteiger partial charge in [0.2, 0.25) is 5.16 Å². The molecular weight excluding hydrogens is 386 g/mol. The largest absolute Gasteiger partial charge is 0.497 e. The molecule has 0 aliphatic carbocycles. The van der Waals surface area contributed by atoms with Crippen LogP contribution in [0.1, 0.15) is 10.4 Å². The van der Waals surface area contributed by atoms with E-state index in [1.54, 1.807) is 38.5 Å². The molecule has 1 aromatic carbocycles. The van der Waals surface area contributed by atoms with Crippen LogP contribution < -0.4 is 9.47 Å². The fraction of sp³-hybridized carbons (Fsp3) is 0.167. The Morgan fingerprint density at radius 1 is 1.26 bits per heavy atom. The lowest BCUT2D eigenvalue weighted by Crippen LogP contribution is -1.97. The molecule has 7 nitrogen and oxygen atoms in total. The average Bonchev–Trinajstić information content (AvgIpc) is 3.30. The molecule has 0 radical (unpaired) electrons. The van der Waals surface area contributed by atoms with Crippen molar-refractivity contribution in [1.82, 2.24) is 15.2 Å². The minimum atomic E-state index is -1.03. The fourth-order valence-corrected chi connectivity index (χ4v) is 3.87. The Morgan fingerprint density at radius 3 is 2.52 bits per heavy atom. The Balaban J connectivity index is 1.88. The van der Waals surface area contributed by atoms with Crippen molar-refractivity contribution >= 4 is 35.1 Å². The molecule has 0 saturated heterocycles. The normalized spacial score (nSPS) is 11.4.